The van der Waals surface area contributed by atoms with E-state index in [2.05, 4.69) is 285 Å². The third-order valence-electron chi connectivity index (χ3n) is 8.84. The topological polar surface area (TPSA) is 60.2 Å². The van der Waals surface area contributed by atoms with Crippen LogP contribution in [0.25, 0.3) is 0 Å². The number of benzene rings is 2. The van der Waals surface area contributed by atoms with E-state index in [1.165, 1.54) is 11.1 Å². The summed E-state index contributed by atoms with van der Waals surface area (Å²) in [6.07, 6.45) is 0. The third kappa shape index (κ3) is 19.4. The molecule has 2 aromatic rings. The SMILES string of the molecule is CC(C)(C)N[P@@]1(C)=[N+](C(C)(C)C)[P@@]([Se-])(NC(C)(C)C)=[N+]1C(C)(C)C.CC(C)(C)N[P@]1(C)=[N+](C(C)(C)C)[P@]([Se-])(NC(C)(C)C)=[N+]1C(C)(C)C.Cc1ccccc1.Cc1ccccc1.[I-].[I-]. The Kier molecular flexibility index (Phi) is 24.9. The van der Waals surface area contributed by atoms with Crippen LogP contribution in [0.5, 0.6) is 0 Å². The Hall–Kier alpha value is 1.70. The van der Waals surface area contributed by atoms with Gasteiger partial charge >= 0.3 is 318 Å². The van der Waals surface area contributed by atoms with Gasteiger partial charge in [0.15, 0.2) is 0 Å². The Bertz CT molecular complexity index is 1770. The van der Waals surface area contributed by atoms with Crippen LogP contribution in [0.2, 0.25) is 0 Å². The van der Waals surface area contributed by atoms with Gasteiger partial charge in [-0.15, -0.1) is 0 Å². The Morgan fingerprint density at radius 3 is 0.656 bits per heavy atom. The molecule has 376 valence electrons. The fraction of sp³-hybridized carbons (Fsp3) is 0.750. The smallest absolute Gasteiger partial charge is 0.0398 e. The minimum absolute atomic E-state index is 0. The van der Waals surface area contributed by atoms with Gasteiger partial charge in [-0.3, -0.25) is 0 Å². The summed E-state index contributed by atoms with van der Waals surface area (Å²) in [5.74, 6) is 0. The van der Waals surface area contributed by atoms with Gasteiger partial charge in [0.05, 0.1) is 0 Å². The van der Waals surface area contributed by atoms with Gasteiger partial charge in [0.1, 0.15) is 0 Å². The fourth-order valence-corrected chi connectivity index (χ4v) is 52.2. The molecule has 0 bridgehead atoms. The van der Waals surface area contributed by atoms with Gasteiger partial charge in [0.2, 0.25) is 0 Å². The quantitative estimate of drug-likeness (QED) is 0.142. The second kappa shape index (κ2) is 23.5. The van der Waals surface area contributed by atoms with E-state index in [0.717, 1.165) is 0 Å². The van der Waals surface area contributed by atoms with Crippen molar-refractivity contribution in [1.29, 1.82) is 0 Å². The molecular formula is C48H98I2N8P4Se2. The molecule has 0 amide bonds. The Morgan fingerprint density at radius 2 is 0.531 bits per heavy atom. The third-order valence-corrected chi connectivity index (χ3v) is 38.6. The van der Waals surface area contributed by atoms with Crippen molar-refractivity contribution in [2.45, 2.75) is 224 Å². The first-order valence-electron chi connectivity index (χ1n) is 22.5. The van der Waals surface area contributed by atoms with E-state index in [1.807, 2.05) is 36.4 Å². The normalized spacial score (nSPS) is 24.2. The standard InChI is InChI=1S/2C17H39N4P2Se.2C7H8.2HI/c2*1-14(2,3)18-22(13)20(16(7,8)9)23(24,19-15(4,5)6)21(22)17(10,11)12;2*1-7-5-3-2-4-6-7;;/h2*1-13H3;2*2-6H,1H3;2*1H/q2*-1;;;;/p+2/t2*22-,23-;;;;. The molecule has 2 aromatic carbocycles. The molecular weight excluding hydrogens is 1220 g/mol. The minimum atomic E-state index is -1.76. The molecule has 2 heterocycles. The Balaban J connectivity index is 0. The summed E-state index contributed by atoms with van der Waals surface area (Å²) >= 11 is 7.28. The monoisotopic (exact) mass is 1320 g/mol. The van der Waals surface area contributed by atoms with E-state index >= 15 is 0 Å². The second-order valence-corrected chi connectivity index (χ2v) is 43.1. The van der Waals surface area contributed by atoms with Gasteiger partial charge < -0.3 is 48.0 Å². The summed E-state index contributed by atoms with van der Waals surface area (Å²) < 4.78 is 11.0. The van der Waals surface area contributed by atoms with Crippen molar-refractivity contribution in [3.05, 3.63) is 71.8 Å². The zero-order chi connectivity index (χ0) is 49.4. The fourth-order valence-electron chi connectivity index (χ4n) is 8.76. The van der Waals surface area contributed by atoms with Gasteiger partial charge in [-0.05, 0) is 13.8 Å². The number of nitrogens with zero attached hydrogens (tertiary/aromatic N) is 4. The maximum Gasteiger partial charge on any atom is -0.0398 e. The van der Waals surface area contributed by atoms with Gasteiger partial charge in [0.25, 0.3) is 0 Å². The van der Waals surface area contributed by atoms with Crippen LogP contribution < -0.4 is 68.3 Å². The molecule has 8 nitrogen and oxygen atoms in total. The largest absolute Gasteiger partial charge is 1.00 e. The minimum Gasteiger partial charge on any atom is -1.00 e. The molecule has 0 unspecified atom stereocenters. The van der Waals surface area contributed by atoms with Crippen LogP contribution in [0.4, 0.5) is 0 Å². The van der Waals surface area contributed by atoms with Crippen LogP contribution in [0.15, 0.2) is 60.7 Å². The van der Waals surface area contributed by atoms with Gasteiger partial charge in [-0.25, -0.2) is 0 Å². The van der Waals surface area contributed by atoms with Crippen molar-refractivity contribution < 1.29 is 64.3 Å². The molecule has 0 aliphatic carbocycles. The van der Waals surface area contributed by atoms with Crippen LogP contribution in [0, 0.1) is 13.8 Å². The number of hydrogen-bond donors (Lipinski definition) is 4. The Morgan fingerprint density at radius 1 is 0.344 bits per heavy atom. The van der Waals surface area contributed by atoms with Crippen LogP contribution in [0.1, 0.15) is 177 Å². The maximum absolute atomic E-state index is 4.02. The van der Waals surface area contributed by atoms with Gasteiger partial charge in [-0.1, -0.05) is 71.8 Å². The number of rotatable bonds is 4. The van der Waals surface area contributed by atoms with Crippen LogP contribution >= 0.6 is 26.8 Å². The van der Waals surface area contributed by atoms with E-state index in [-0.39, 0.29) is 92.3 Å². The second-order valence-electron chi connectivity index (χ2n) is 25.5. The van der Waals surface area contributed by atoms with Gasteiger partial charge in [-0.2, -0.15) is 0 Å². The van der Waals surface area contributed by atoms with Crippen molar-refractivity contribution in [3.63, 3.8) is 0 Å². The first-order valence-corrected chi connectivity index (χ1v) is 34.6. The molecule has 0 saturated carbocycles. The summed E-state index contributed by atoms with van der Waals surface area (Å²) in [6, 6.07) is 17.0. The maximum atomic E-state index is 4.02. The van der Waals surface area contributed by atoms with E-state index < -0.39 is 26.8 Å². The van der Waals surface area contributed by atoms with Crippen LogP contribution in [-0.2, 0) is 0 Å². The average Bonchev–Trinajstić information content (AvgIpc) is 2.90. The molecule has 0 radical (unpaired) electrons. The molecule has 4 N–H and O–H groups in total. The predicted octanol–water partition coefficient (Wildman–Crippen LogP) is 8.35. The first kappa shape index (κ1) is 67.8. The molecule has 0 aromatic heterocycles. The summed E-state index contributed by atoms with van der Waals surface area (Å²) in [5, 5.41) is 16.0. The zero-order valence-electron chi connectivity index (χ0n) is 45.9. The van der Waals surface area contributed by atoms with E-state index in [9.17, 15) is 0 Å². The number of hydrogen-bond acceptors (Lipinski definition) is 4. The number of halogens is 2. The van der Waals surface area contributed by atoms with Crippen molar-refractivity contribution >= 4 is 57.9 Å². The number of aryl methyl sites for hydroxylation is 2. The molecule has 16 heteroatoms. The zero-order valence-corrected chi connectivity index (χ0v) is 57.2. The van der Waals surface area contributed by atoms with Crippen LogP contribution in [-0.4, -0.2) is 105 Å². The van der Waals surface area contributed by atoms with Crippen molar-refractivity contribution in [2.75, 3.05) is 13.3 Å². The molecule has 2 aliphatic heterocycles. The molecule has 4 rings (SSSR count). The first-order chi connectivity index (χ1) is 27.1. The van der Waals surface area contributed by atoms with E-state index in [1.54, 1.807) is 0 Å². The van der Waals surface area contributed by atoms with E-state index in [4.69, 9.17) is 0 Å². The van der Waals surface area contributed by atoms with E-state index in [0.29, 0.717) is 0 Å². The van der Waals surface area contributed by atoms with Crippen LogP contribution in [0.3, 0.4) is 0 Å². The summed E-state index contributed by atoms with van der Waals surface area (Å²) in [6.45, 7) is 64.3. The molecule has 2 aliphatic rings. The average molecular weight is 1320 g/mol. The summed E-state index contributed by atoms with van der Waals surface area (Å²) in [5.41, 5.74) is 3.23. The predicted molar refractivity (Wildman–Crippen MR) is 285 cm³/mol. The molecule has 64 heavy (non-hydrogen) atoms. The Labute approximate surface area is 447 Å². The molecule has 0 spiro atoms. The van der Waals surface area contributed by atoms with Crippen molar-refractivity contribution in [3.8, 4) is 0 Å². The molecule has 0 saturated heterocycles. The van der Waals surface area contributed by atoms with Crippen molar-refractivity contribution in [1.82, 2.24) is 20.3 Å². The number of nitrogens with one attached hydrogen (secondary N) is 4. The molecule has 0 fully saturated rings. The van der Waals surface area contributed by atoms with Gasteiger partial charge in [0, 0.05) is 0 Å². The van der Waals surface area contributed by atoms with Crippen molar-refractivity contribution in [2.24, 2.45) is 0 Å². The summed E-state index contributed by atoms with van der Waals surface area (Å²) in [7, 11) is -3.33. The molecule has 4 atom stereocenters. The summed E-state index contributed by atoms with van der Waals surface area (Å²) in [4.78, 5) is 0.